The quantitative estimate of drug-likeness (QED) is 0.762. The van der Waals surface area contributed by atoms with Crippen molar-refractivity contribution in [3.63, 3.8) is 0 Å². The standard InChI is InChI=1S/C18H19FN4OS/c1-11-10-25-18(21-11)9-20-17(24)8-16-12(2)22-23(13(16)3)15-6-4-14(19)5-7-15/h4-7,10H,8-9H2,1-3H3,(H,20,24). The number of hydrogen-bond acceptors (Lipinski definition) is 4. The van der Waals surface area contributed by atoms with E-state index in [1.165, 1.54) is 23.5 Å². The van der Waals surface area contributed by atoms with Gasteiger partial charge >= 0.3 is 0 Å². The monoisotopic (exact) mass is 358 g/mol. The molecule has 3 aromatic rings. The molecule has 0 saturated heterocycles. The molecule has 0 radical (unpaired) electrons. The highest BCUT2D eigenvalue weighted by atomic mass is 32.1. The Kier molecular flexibility index (Phi) is 4.94. The summed E-state index contributed by atoms with van der Waals surface area (Å²) in [6.45, 7) is 6.15. The van der Waals surface area contributed by atoms with Gasteiger partial charge in [0.2, 0.25) is 5.91 Å². The number of aryl methyl sites for hydroxylation is 2. The van der Waals surface area contributed by atoms with Crippen molar-refractivity contribution < 1.29 is 9.18 Å². The first-order chi connectivity index (χ1) is 11.9. The van der Waals surface area contributed by atoms with E-state index in [4.69, 9.17) is 0 Å². The van der Waals surface area contributed by atoms with Crippen molar-refractivity contribution in [1.29, 1.82) is 0 Å². The Morgan fingerprint density at radius 3 is 2.60 bits per heavy atom. The molecular formula is C18H19FN4OS. The summed E-state index contributed by atoms with van der Waals surface area (Å²) in [5.41, 5.74) is 4.29. The van der Waals surface area contributed by atoms with Crippen LogP contribution in [0.25, 0.3) is 5.69 Å². The molecule has 1 aromatic carbocycles. The molecule has 0 bridgehead atoms. The van der Waals surface area contributed by atoms with Crippen LogP contribution in [0.1, 0.15) is 27.7 Å². The SMILES string of the molecule is Cc1csc(CNC(=O)Cc2c(C)nn(-c3ccc(F)cc3)c2C)n1. The number of nitrogens with one attached hydrogen (secondary N) is 1. The van der Waals surface area contributed by atoms with Crippen molar-refractivity contribution in [3.8, 4) is 5.69 Å². The fourth-order valence-corrected chi connectivity index (χ4v) is 3.36. The van der Waals surface area contributed by atoms with Crippen LogP contribution in [0.3, 0.4) is 0 Å². The molecule has 130 valence electrons. The number of carbonyl (C=O) groups is 1. The lowest BCUT2D eigenvalue weighted by molar-refractivity contribution is -0.120. The van der Waals surface area contributed by atoms with Gasteiger partial charge in [0.25, 0.3) is 0 Å². The number of thiazole rings is 1. The zero-order valence-electron chi connectivity index (χ0n) is 14.3. The van der Waals surface area contributed by atoms with Crippen LogP contribution in [0, 0.1) is 26.6 Å². The minimum absolute atomic E-state index is 0.0716. The zero-order valence-corrected chi connectivity index (χ0v) is 15.2. The van der Waals surface area contributed by atoms with E-state index in [1.54, 1.807) is 16.8 Å². The van der Waals surface area contributed by atoms with E-state index >= 15 is 0 Å². The van der Waals surface area contributed by atoms with E-state index < -0.39 is 0 Å². The van der Waals surface area contributed by atoms with Gasteiger partial charge in [0, 0.05) is 22.3 Å². The normalized spacial score (nSPS) is 10.9. The van der Waals surface area contributed by atoms with Crippen LogP contribution in [-0.4, -0.2) is 20.7 Å². The lowest BCUT2D eigenvalue weighted by Crippen LogP contribution is -2.25. The van der Waals surface area contributed by atoms with E-state index in [1.807, 2.05) is 26.2 Å². The number of hydrogen-bond donors (Lipinski definition) is 1. The molecule has 0 unspecified atom stereocenters. The van der Waals surface area contributed by atoms with Crippen molar-refractivity contribution in [1.82, 2.24) is 20.1 Å². The van der Waals surface area contributed by atoms with Gasteiger partial charge < -0.3 is 5.32 Å². The first kappa shape index (κ1) is 17.3. The highest BCUT2D eigenvalue weighted by Crippen LogP contribution is 2.19. The number of aromatic nitrogens is 3. The Hall–Kier alpha value is -2.54. The average molecular weight is 358 g/mol. The minimum atomic E-state index is -0.290. The van der Waals surface area contributed by atoms with Crippen LogP contribution in [0.5, 0.6) is 0 Å². The van der Waals surface area contributed by atoms with E-state index in [2.05, 4.69) is 15.4 Å². The van der Waals surface area contributed by atoms with Gasteiger partial charge in [0.15, 0.2) is 0 Å². The topological polar surface area (TPSA) is 59.8 Å². The number of nitrogens with zero attached hydrogens (tertiary/aromatic N) is 3. The number of benzene rings is 1. The number of carbonyl (C=O) groups excluding carboxylic acids is 1. The third-order valence-electron chi connectivity index (χ3n) is 3.95. The maximum Gasteiger partial charge on any atom is 0.224 e. The molecule has 0 fully saturated rings. The van der Waals surface area contributed by atoms with Crippen LogP contribution in [0.2, 0.25) is 0 Å². The molecule has 0 aliphatic heterocycles. The zero-order chi connectivity index (χ0) is 18.0. The summed E-state index contributed by atoms with van der Waals surface area (Å²) in [5.74, 6) is -0.361. The molecule has 0 saturated carbocycles. The molecule has 25 heavy (non-hydrogen) atoms. The van der Waals surface area contributed by atoms with Gasteiger partial charge in [-0.3, -0.25) is 4.79 Å². The van der Waals surface area contributed by atoms with Crippen molar-refractivity contribution >= 4 is 17.2 Å². The summed E-state index contributed by atoms with van der Waals surface area (Å²) in [6, 6.07) is 6.13. The van der Waals surface area contributed by atoms with Gasteiger partial charge in [-0.05, 0) is 45.0 Å². The Balaban J connectivity index is 1.72. The highest BCUT2D eigenvalue weighted by Gasteiger charge is 2.16. The van der Waals surface area contributed by atoms with Crippen molar-refractivity contribution in [2.75, 3.05) is 0 Å². The highest BCUT2D eigenvalue weighted by molar-refractivity contribution is 7.09. The molecule has 1 amide bonds. The van der Waals surface area contributed by atoms with Gasteiger partial charge in [0.1, 0.15) is 10.8 Å². The minimum Gasteiger partial charge on any atom is -0.349 e. The summed E-state index contributed by atoms with van der Waals surface area (Å²) in [6.07, 6.45) is 0.253. The fourth-order valence-electron chi connectivity index (χ4n) is 2.65. The smallest absolute Gasteiger partial charge is 0.224 e. The Morgan fingerprint density at radius 1 is 1.24 bits per heavy atom. The molecule has 7 heteroatoms. The number of amides is 1. The van der Waals surface area contributed by atoms with Gasteiger partial charge in [-0.25, -0.2) is 14.1 Å². The summed E-state index contributed by atoms with van der Waals surface area (Å²) < 4.78 is 14.8. The maximum atomic E-state index is 13.1. The van der Waals surface area contributed by atoms with E-state index in [0.29, 0.717) is 6.54 Å². The van der Waals surface area contributed by atoms with Crippen molar-refractivity contribution in [2.45, 2.75) is 33.7 Å². The summed E-state index contributed by atoms with van der Waals surface area (Å²) in [4.78, 5) is 16.6. The van der Waals surface area contributed by atoms with E-state index in [9.17, 15) is 9.18 Å². The summed E-state index contributed by atoms with van der Waals surface area (Å²) >= 11 is 1.53. The molecule has 0 spiro atoms. The van der Waals surface area contributed by atoms with Gasteiger partial charge in [-0.2, -0.15) is 5.10 Å². The molecular weight excluding hydrogens is 339 g/mol. The van der Waals surface area contributed by atoms with Crippen LogP contribution >= 0.6 is 11.3 Å². The van der Waals surface area contributed by atoms with Gasteiger partial charge in [0.05, 0.1) is 24.3 Å². The fraction of sp³-hybridized carbons (Fsp3) is 0.278. The predicted octanol–water partition coefficient (Wildman–Crippen LogP) is 3.25. The number of halogens is 1. The lowest BCUT2D eigenvalue weighted by Gasteiger charge is -2.06. The first-order valence-corrected chi connectivity index (χ1v) is 8.80. The third-order valence-corrected chi connectivity index (χ3v) is 4.92. The first-order valence-electron chi connectivity index (χ1n) is 7.93. The average Bonchev–Trinajstić information content (AvgIpc) is 3.12. The maximum absolute atomic E-state index is 13.1. The van der Waals surface area contributed by atoms with Crippen LogP contribution in [-0.2, 0) is 17.8 Å². The van der Waals surface area contributed by atoms with Crippen LogP contribution in [0.15, 0.2) is 29.6 Å². The summed E-state index contributed by atoms with van der Waals surface area (Å²) in [5, 5.41) is 10.2. The van der Waals surface area contributed by atoms with Crippen LogP contribution < -0.4 is 5.32 Å². The molecule has 2 aromatic heterocycles. The second-order valence-electron chi connectivity index (χ2n) is 5.87. The number of rotatable bonds is 5. The van der Waals surface area contributed by atoms with E-state index in [0.717, 1.165) is 33.3 Å². The molecule has 0 atom stereocenters. The second kappa shape index (κ2) is 7.14. The van der Waals surface area contributed by atoms with Crippen LogP contribution in [0.4, 0.5) is 4.39 Å². The Labute approximate surface area is 149 Å². The van der Waals surface area contributed by atoms with E-state index in [-0.39, 0.29) is 18.1 Å². The Morgan fingerprint density at radius 2 is 1.96 bits per heavy atom. The van der Waals surface area contributed by atoms with Gasteiger partial charge in [-0.1, -0.05) is 0 Å². The predicted molar refractivity (Wildman–Crippen MR) is 95.4 cm³/mol. The molecule has 0 aliphatic carbocycles. The molecule has 1 N–H and O–H groups in total. The largest absolute Gasteiger partial charge is 0.349 e. The molecule has 0 aliphatic rings. The lowest BCUT2D eigenvalue weighted by atomic mass is 10.1. The second-order valence-corrected chi connectivity index (χ2v) is 6.82. The van der Waals surface area contributed by atoms with Crippen molar-refractivity contribution in [3.05, 3.63) is 63.1 Å². The Bertz CT molecular complexity index is 898. The third kappa shape index (κ3) is 3.93. The molecule has 3 rings (SSSR count). The molecule has 2 heterocycles. The molecule has 5 nitrogen and oxygen atoms in total. The van der Waals surface area contributed by atoms with Crippen molar-refractivity contribution in [2.24, 2.45) is 0 Å². The summed E-state index contributed by atoms with van der Waals surface area (Å²) in [7, 11) is 0. The van der Waals surface area contributed by atoms with Gasteiger partial charge in [-0.15, -0.1) is 11.3 Å².